The molecule has 2 rings (SSSR count). The summed E-state index contributed by atoms with van der Waals surface area (Å²) in [6.45, 7) is 29.8. The van der Waals surface area contributed by atoms with Gasteiger partial charge in [-0.1, -0.05) is 104 Å². The summed E-state index contributed by atoms with van der Waals surface area (Å²) in [6.07, 6.45) is 0.728. The minimum Gasteiger partial charge on any atom is -0.390 e. The van der Waals surface area contributed by atoms with Crippen LogP contribution in [0.15, 0.2) is 0 Å². The molecular formula is C63H113N11O12. The van der Waals surface area contributed by atoms with Gasteiger partial charge >= 0.3 is 0 Å². The Balaban J connectivity index is 2.95. The van der Waals surface area contributed by atoms with Gasteiger partial charge in [0.05, 0.1) is 12.6 Å². The Bertz CT molecular complexity index is 2360. The number of aliphatic hydroxyl groups is 1. The summed E-state index contributed by atoms with van der Waals surface area (Å²) < 4.78 is 0. The van der Waals surface area contributed by atoms with Crippen LogP contribution in [-0.2, 0) is 52.7 Å². The topological polar surface area (TPSA) is 279 Å². The molecule has 0 aromatic carbocycles. The summed E-state index contributed by atoms with van der Waals surface area (Å²) in [5, 5.41) is 23.3. The van der Waals surface area contributed by atoms with Crippen LogP contribution >= 0.6 is 0 Å². The second-order valence-corrected chi connectivity index (χ2v) is 27.5. The molecule has 1 heterocycles. The lowest BCUT2D eigenvalue weighted by Crippen LogP contribution is -2.63. The number of rotatable bonds is 15. The van der Waals surface area contributed by atoms with Crippen molar-refractivity contribution in [2.75, 3.05) is 55.9 Å². The van der Waals surface area contributed by atoms with Gasteiger partial charge in [-0.2, -0.15) is 0 Å². The Labute approximate surface area is 514 Å². The van der Waals surface area contributed by atoms with E-state index in [1.54, 1.807) is 41.5 Å². The Morgan fingerprint density at radius 3 is 1.28 bits per heavy atom. The van der Waals surface area contributed by atoms with E-state index < -0.39 is 156 Å². The Morgan fingerprint density at radius 1 is 0.430 bits per heavy atom. The summed E-state index contributed by atoms with van der Waals surface area (Å²) in [5.41, 5.74) is 0. The number of hydrogen-bond donors (Lipinski definition) is 5. The van der Waals surface area contributed by atoms with Crippen LogP contribution in [0.3, 0.4) is 0 Å². The predicted molar refractivity (Wildman–Crippen MR) is 331 cm³/mol. The molecule has 1 saturated carbocycles. The third kappa shape index (κ3) is 20.6. The van der Waals surface area contributed by atoms with Crippen LogP contribution in [0.1, 0.15) is 163 Å². The molecule has 0 aromatic rings. The van der Waals surface area contributed by atoms with Gasteiger partial charge in [-0.25, -0.2) is 0 Å². The molecule has 0 bridgehead atoms. The smallest absolute Gasteiger partial charge is 0.246 e. The molecule has 1 aliphatic carbocycles. The highest BCUT2D eigenvalue weighted by atomic mass is 16.3. The normalized spacial score (nSPS) is 29.0. The molecule has 5 N–H and O–H groups in total. The van der Waals surface area contributed by atoms with Crippen LogP contribution in [0.4, 0.5) is 0 Å². The molecule has 23 heteroatoms. The van der Waals surface area contributed by atoms with Gasteiger partial charge in [0, 0.05) is 49.3 Å². The lowest BCUT2D eigenvalue weighted by atomic mass is 9.90. The summed E-state index contributed by atoms with van der Waals surface area (Å²) >= 11 is 0. The number of carbonyl (C=O) groups excluding carboxylic acids is 11. The number of nitrogens with one attached hydrogen (secondary N) is 4. The molecule has 0 unspecified atom stereocenters. The van der Waals surface area contributed by atoms with Crippen molar-refractivity contribution < 1.29 is 57.8 Å². The molecule has 23 nitrogen and oxygen atoms in total. The van der Waals surface area contributed by atoms with Crippen molar-refractivity contribution in [2.24, 2.45) is 53.3 Å². The van der Waals surface area contributed by atoms with E-state index in [4.69, 9.17) is 0 Å². The van der Waals surface area contributed by atoms with Crippen LogP contribution in [0.2, 0.25) is 0 Å². The van der Waals surface area contributed by atoms with Crippen LogP contribution < -0.4 is 21.3 Å². The van der Waals surface area contributed by atoms with Crippen molar-refractivity contribution >= 4 is 65.0 Å². The van der Waals surface area contributed by atoms with Gasteiger partial charge < -0.3 is 60.7 Å². The van der Waals surface area contributed by atoms with Crippen molar-refractivity contribution in [2.45, 2.75) is 229 Å². The predicted octanol–water partition coefficient (Wildman–Crippen LogP) is 3.35. The van der Waals surface area contributed by atoms with E-state index in [-0.39, 0.29) is 61.7 Å². The third-order valence-corrected chi connectivity index (χ3v) is 17.3. The van der Waals surface area contributed by atoms with Gasteiger partial charge in [-0.05, 0) is 112 Å². The van der Waals surface area contributed by atoms with Crippen LogP contribution in [-0.4, -0.2) is 227 Å². The monoisotopic (exact) mass is 1220 g/mol. The number of nitrogens with zero attached hydrogens (tertiary/aromatic N) is 7. The highest BCUT2D eigenvalue weighted by molar-refractivity contribution is 5.99. The van der Waals surface area contributed by atoms with Gasteiger partial charge in [0.1, 0.15) is 60.4 Å². The lowest BCUT2D eigenvalue weighted by Gasteiger charge is -2.41. The van der Waals surface area contributed by atoms with Crippen molar-refractivity contribution in [1.82, 2.24) is 55.6 Å². The van der Waals surface area contributed by atoms with E-state index >= 15 is 9.59 Å². The highest BCUT2D eigenvalue weighted by Gasteiger charge is 2.47. The first kappa shape index (κ1) is 76.2. The van der Waals surface area contributed by atoms with E-state index in [0.29, 0.717) is 12.3 Å². The maximum absolute atomic E-state index is 15.2. The second-order valence-electron chi connectivity index (χ2n) is 27.5. The van der Waals surface area contributed by atoms with Crippen LogP contribution in [0.5, 0.6) is 0 Å². The summed E-state index contributed by atoms with van der Waals surface area (Å²) in [4.78, 5) is 169. The van der Waals surface area contributed by atoms with Gasteiger partial charge in [-0.15, -0.1) is 0 Å². The molecule has 86 heavy (non-hydrogen) atoms. The van der Waals surface area contributed by atoms with E-state index in [0.717, 1.165) is 16.2 Å². The molecular weight excluding hydrogens is 1100 g/mol. The van der Waals surface area contributed by atoms with Gasteiger partial charge in [0.15, 0.2) is 0 Å². The molecule has 2 aliphatic rings. The number of aliphatic hydroxyl groups excluding tert-OH is 1. The van der Waals surface area contributed by atoms with E-state index in [1.807, 2.05) is 55.4 Å². The first-order chi connectivity index (χ1) is 39.6. The molecule has 11 amide bonds. The fourth-order valence-corrected chi connectivity index (χ4v) is 11.5. The van der Waals surface area contributed by atoms with Crippen molar-refractivity contribution in [3.8, 4) is 0 Å². The van der Waals surface area contributed by atoms with Crippen LogP contribution in [0, 0.1) is 53.3 Å². The zero-order chi connectivity index (χ0) is 66.4. The average molecular weight is 1220 g/mol. The van der Waals surface area contributed by atoms with E-state index in [1.165, 1.54) is 87.7 Å². The summed E-state index contributed by atoms with van der Waals surface area (Å²) in [7, 11) is 10.0. The highest BCUT2D eigenvalue weighted by Crippen LogP contribution is 2.43. The maximum Gasteiger partial charge on any atom is 0.246 e. The van der Waals surface area contributed by atoms with Gasteiger partial charge in [-0.3, -0.25) is 52.7 Å². The van der Waals surface area contributed by atoms with Gasteiger partial charge in [0.2, 0.25) is 65.0 Å². The molecule has 14 atom stereocenters. The summed E-state index contributed by atoms with van der Waals surface area (Å²) in [5.74, 6) is -8.74. The molecule has 0 radical (unpaired) electrons. The number of amides is 11. The number of carbonyl (C=O) groups is 11. The zero-order valence-electron chi connectivity index (χ0n) is 56.8. The molecule has 492 valence electrons. The SMILES string of the molecule is CC[C@@H]1NC(=O)[C@H]([C@H](O)[C@H](C)C[C@@H]2C[C@H]2C)N(C)C(=O)[C@H](C(C)C)N(C)C(=O)[C@H](CC(C)C)N(C)C(=O)[C@H](CC(C)C)N(C)C(=O)[C@@H](C)NC(=O)[C@H](C)NC(=O)[C@H](CC(C)C)N(C)C(=O)[C@H](C(C)C)NC(=O)[C@H](CC(C)C)N(C)C(=O)CN(C)C1=O. The Morgan fingerprint density at radius 2 is 0.837 bits per heavy atom. The molecule has 0 aromatic heterocycles. The van der Waals surface area contributed by atoms with Crippen molar-refractivity contribution in [3.05, 3.63) is 0 Å². The molecule has 1 aliphatic heterocycles. The lowest BCUT2D eigenvalue weighted by molar-refractivity contribution is -0.157. The first-order valence-electron chi connectivity index (χ1n) is 31.4. The molecule has 0 spiro atoms. The number of likely N-dealkylation sites (N-methyl/N-ethyl adjacent to an activating group) is 7. The fraction of sp³-hybridized carbons (Fsp3) is 0.825. The zero-order valence-corrected chi connectivity index (χ0v) is 56.8. The maximum atomic E-state index is 15.2. The van der Waals surface area contributed by atoms with Crippen molar-refractivity contribution in [3.63, 3.8) is 0 Å². The number of hydrogen-bond acceptors (Lipinski definition) is 12. The molecule has 1 saturated heterocycles. The fourth-order valence-electron chi connectivity index (χ4n) is 11.5. The first-order valence-corrected chi connectivity index (χ1v) is 31.4. The van der Waals surface area contributed by atoms with Crippen LogP contribution in [0.25, 0.3) is 0 Å². The largest absolute Gasteiger partial charge is 0.390 e. The Hall–Kier alpha value is -5.87. The second kappa shape index (κ2) is 33.5. The van der Waals surface area contributed by atoms with E-state index in [2.05, 4.69) is 28.2 Å². The standard InChI is InChI=1S/C63H113N11O12/c1-25-44-59(82)68(18)32-49(75)69(19)45(26-33(2)3)56(79)67-50(37(10)11)62(85)70(20)46(27-34(4)5)55(78)64-41(16)54(77)65-42(17)58(81)71(21)47(28-35(6)7)60(83)72(22)48(29-36(8)9)61(84)73(23)51(38(12)13)63(86)74(24)52(57(80)66-44)53(76)40(15)31-43-30-39(43)14/h33-48,50-53,76H,25-32H2,1-24H3,(H,64,78)(H,65,77)(H,66,80)(H,67,79)/t39-,40-,41+,42-,43+,44+,45+,46+,47+,48+,50+,51+,52+,53-/m1/s1. The van der Waals surface area contributed by atoms with Crippen molar-refractivity contribution in [1.29, 1.82) is 0 Å². The minimum absolute atomic E-state index is 0.0378. The average Bonchev–Trinajstić information content (AvgIpc) is 2.52. The quantitative estimate of drug-likeness (QED) is 0.158. The Kier molecular flexibility index (Phi) is 29.7. The van der Waals surface area contributed by atoms with Gasteiger partial charge in [0.25, 0.3) is 0 Å². The van der Waals surface area contributed by atoms with E-state index in [9.17, 15) is 48.3 Å². The summed E-state index contributed by atoms with van der Waals surface area (Å²) in [6, 6.07) is -12.2. The molecule has 2 fully saturated rings. The third-order valence-electron chi connectivity index (χ3n) is 17.3. The minimum atomic E-state index is -1.57.